The Labute approximate surface area is 118 Å². The number of nitrogens with one attached hydrogen (secondary N) is 1. The summed E-state index contributed by atoms with van der Waals surface area (Å²) in [6.45, 7) is 4.08. The summed E-state index contributed by atoms with van der Waals surface area (Å²) in [4.78, 5) is 5.41. The van der Waals surface area contributed by atoms with Crippen molar-refractivity contribution in [3.8, 4) is 0 Å². The van der Waals surface area contributed by atoms with Crippen molar-refractivity contribution in [3.63, 3.8) is 0 Å². The average Bonchev–Trinajstić information content (AvgIpc) is 2.70. The zero-order valence-electron chi connectivity index (χ0n) is 9.50. The molecule has 17 heavy (non-hydrogen) atoms. The van der Waals surface area contributed by atoms with Crippen LogP contribution in [0.2, 0.25) is 5.15 Å². The lowest BCUT2D eigenvalue weighted by Crippen LogP contribution is -2.05. The van der Waals surface area contributed by atoms with Crippen molar-refractivity contribution in [1.29, 1.82) is 0 Å². The van der Waals surface area contributed by atoms with Crippen LogP contribution >= 0.6 is 38.9 Å². The van der Waals surface area contributed by atoms with E-state index in [1.807, 2.05) is 13.0 Å². The standard InChI is InChI=1S/C12H12BrClN2S/c1-7-5-9(6-15-12(7)14)16-8(2)10-3-4-11(13)17-10/h3-6,8,16H,1-2H3. The zero-order valence-corrected chi connectivity index (χ0v) is 12.7. The van der Waals surface area contributed by atoms with Crippen LogP contribution in [0.15, 0.2) is 28.2 Å². The third-order valence-corrected chi connectivity index (χ3v) is 4.62. The van der Waals surface area contributed by atoms with Crippen molar-refractivity contribution in [2.45, 2.75) is 19.9 Å². The summed E-state index contributed by atoms with van der Waals surface area (Å²) >= 11 is 11.1. The van der Waals surface area contributed by atoms with Crippen LogP contribution in [-0.2, 0) is 0 Å². The van der Waals surface area contributed by atoms with Crippen molar-refractivity contribution in [1.82, 2.24) is 4.98 Å². The molecule has 5 heteroatoms. The molecule has 90 valence electrons. The lowest BCUT2D eigenvalue weighted by Gasteiger charge is -2.14. The first-order valence-corrected chi connectivity index (χ1v) is 7.19. The molecule has 1 atom stereocenters. The first kappa shape index (κ1) is 12.9. The van der Waals surface area contributed by atoms with E-state index >= 15 is 0 Å². The topological polar surface area (TPSA) is 24.9 Å². The molecule has 0 fully saturated rings. The predicted octanol–water partition coefficient (Wildman–Crippen LogP) is 5.04. The van der Waals surface area contributed by atoms with Gasteiger partial charge in [-0.3, -0.25) is 0 Å². The molecule has 2 aromatic heterocycles. The second-order valence-corrected chi connectivity index (χ2v) is 6.69. The molecule has 0 amide bonds. The van der Waals surface area contributed by atoms with Crippen molar-refractivity contribution < 1.29 is 0 Å². The molecule has 1 N–H and O–H groups in total. The number of thiophene rings is 1. The van der Waals surface area contributed by atoms with Crippen LogP contribution < -0.4 is 5.32 Å². The van der Waals surface area contributed by atoms with Gasteiger partial charge in [0.2, 0.25) is 0 Å². The highest BCUT2D eigenvalue weighted by molar-refractivity contribution is 9.11. The summed E-state index contributed by atoms with van der Waals surface area (Å²) in [6.07, 6.45) is 1.76. The molecule has 0 bridgehead atoms. The van der Waals surface area contributed by atoms with E-state index in [9.17, 15) is 0 Å². The minimum atomic E-state index is 0.258. The molecule has 0 aliphatic carbocycles. The van der Waals surface area contributed by atoms with Gasteiger partial charge in [-0.1, -0.05) is 11.6 Å². The van der Waals surface area contributed by atoms with Crippen molar-refractivity contribution in [3.05, 3.63) is 43.8 Å². The number of aryl methyl sites for hydroxylation is 1. The number of hydrogen-bond acceptors (Lipinski definition) is 3. The monoisotopic (exact) mass is 330 g/mol. The lowest BCUT2D eigenvalue weighted by molar-refractivity contribution is 0.905. The number of nitrogens with zero attached hydrogens (tertiary/aromatic N) is 1. The Morgan fingerprint density at radius 1 is 1.47 bits per heavy atom. The molecule has 0 saturated heterocycles. The molecule has 0 saturated carbocycles. The maximum atomic E-state index is 5.89. The van der Waals surface area contributed by atoms with Gasteiger partial charge in [-0.05, 0) is 53.5 Å². The third kappa shape index (κ3) is 3.21. The molecule has 0 aromatic carbocycles. The lowest BCUT2D eigenvalue weighted by atomic mass is 10.2. The molecule has 0 aliphatic heterocycles. The van der Waals surface area contributed by atoms with Crippen molar-refractivity contribution in [2.75, 3.05) is 5.32 Å². The molecule has 2 heterocycles. The Morgan fingerprint density at radius 3 is 2.82 bits per heavy atom. The van der Waals surface area contributed by atoms with Crippen LogP contribution in [0.3, 0.4) is 0 Å². The summed E-state index contributed by atoms with van der Waals surface area (Å²) < 4.78 is 1.14. The van der Waals surface area contributed by atoms with Gasteiger partial charge in [0.1, 0.15) is 5.15 Å². The second kappa shape index (κ2) is 5.38. The Bertz CT molecular complexity index is 527. The van der Waals surface area contributed by atoms with Crippen LogP contribution in [0.1, 0.15) is 23.4 Å². The number of pyridine rings is 1. The maximum Gasteiger partial charge on any atom is 0.132 e. The van der Waals surface area contributed by atoms with Gasteiger partial charge in [0.25, 0.3) is 0 Å². The number of aromatic nitrogens is 1. The van der Waals surface area contributed by atoms with E-state index in [0.717, 1.165) is 15.0 Å². The Kier molecular flexibility index (Phi) is 4.07. The van der Waals surface area contributed by atoms with Crippen molar-refractivity contribution >= 4 is 44.6 Å². The molecule has 2 rings (SSSR count). The van der Waals surface area contributed by atoms with E-state index in [2.05, 4.69) is 45.3 Å². The number of anilines is 1. The Balaban J connectivity index is 2.12. The quantitative estimate of drug-likeness (QED) is 0.797. The number of rotatable bonds is 3. The van der Waals surface area contributed by atoms with Gasteiger partial charge < -0.3 is 5.32 Å². The molecular formula is C12H12BrClN2S. The number of hydrogen-bond donors (Lipinski definition) is 1. The van der Waals surface area contributed by atoms with Crippen LogP contribution in [-0.4, -0.2) is 4.98 Å². The fourth-order valence-corrected chi connectivity index (χ4v) is 3.05. The summed E-state index contributed by atoms with van der Waals surface area (Å²) in [6, 6.07) is 6.44. The van der Waals surface area contributed by atoms with E-state index in [4.69, 9.17) is 11.6 Å². The minimum Gasteiger partial charge on any atom is -0.376 e. The van der Waals surface area contributed by atoms with E-state index in [1.54, 1.807) is 17.5 Å². The van der Waals surface area contributed by atoms with Gasteiger partial charge in [-0.15, -0.1) is 11.3 Å². The van der Waals surface area contributed by atoms with Gasteiger partial charge in [0, 0.05) is 4.88 Å². The molecule has 0 radical (unpaired) electrons. The van der Waals surface area contributed by atoms with E-state index < -0.39 is 0 Å². The van der Waals surface area contributed by atoms with Crippen LogP contribution in [0.5, 0.6) is 0 Å². The normalized spacial score (nSPS) is 12.5. The Hall–Kier alpha value is -0.580. The Morgan fingerprint density at radius 2 is 2.24 bits per heavy atom. The van der Waals surface area contributed by atoms with Crippen LogP contribution in [0.4, 0.5) is 5.69 Å². The van der Waals surface area contributed by atoms with E-state index in [0.29, 0.717) is 5.15 Å². The molecule has 0 spiro atoms. The highest BCUT2D eigenvalue weighted by Crippen LogP contribution is 2.29. The highest BCUT2D eigenvalue weighted by Gasteiger charge is 2.08. The molecule has 2 nitrogen and oxygen atoms in total. The molecular weight excluding hydrogens is 320 g/mol. The fourth-order valence-electron chi connectivity index (χ4n) is 1.52. The summed E-state index contributed by atoms with van der Waals surface area (Å²) in [5.41, 5.74) is 1.97. The van der Waals surface area contributed by atoms with Gasteiger partial charge in [0.05, 0.1) is 21.7 Å². The fraction of sp³-hybridized carbons (Fsp3) is 0.250. The van der Waals surface area contributed by atoms with Gasteiger partial charge >= 0.3 is 0 Å². The third-order valence-electron chi connectivity index (χ3n) is 2.42. The average molecular weight is 332 g/mol. The molecule has 0 aliphatic rings. The summed E-state index contributed by atoms with van der Waals surface area (Å²) in [7, 11) is 0. The van der Waals surface area contributed by atoms with Crippen LogP contribution in [0.25, 0.3) is 0 Å². The van der Waals surface area contributed by atoms with Gasteiger partial charge in [0.15, 0.2) is 0 Å². The molecule has 1 unspecified atom stereocenters. The van der Waals surface area contributed by atoms with Gasteiger partial charge in [-0.25, -0.2) is 4.98 Å². The smallest absolute Gasteiger partial charge is 0.132 e. The number of halogens is 2. The minimum absolute atomic E-state index is 0.258. The zero-order chi connectivity index (χ0) is 12.4. The molecule has 2 aromatic rings. The summed E-state index contributed by atoms with van der Waals surface area (Å²) in [5.74, 6) is 0. The first-order valence-electron chi connectivity index (χ1n) is 5.20. The maximum absolute atomic E-state index is 5.89. The highest BCUT2D eigenvalue weighted by atomic mass is 79.9. The second-order valence-electron chi connectivity index (χ2n) is 3.84. The van der Waals surface area contributed by atoms with E-state index in [1.165, 1.54) is 4.88 Å². The summed E-state index contributed by atoms with van der Waals surface area (Å²) in [5, 5.41) is 3.97. The first-order chi connectivity index (χ1) is 8.06. The van der Waals surface area contributed by atoms with Gasteiger partial charge in [-0.2, -0.15) is 0 Å². The largest absolute Gasteiger partial charge is 0.376 e. The van der Waals surface area contributed by atoms with Crippen LogP contribution in [0, 0.1) is 6.92 Å². The predicted molar refractivity (Wildman–Crippen MR) is 78.0 cm³/mol. The van der Waals surface area contributed by atoms with E-state index in [-0.39, 0.29) is 6.04 Å². The van der Waals surface area contributed by atoms with Crippen molar-refractivity contribution in [2.24, 2.45) is 0 Å². The SMILES string of the molecule is Cc1cc(NC(C)c2ccc(Br)s2)cnc1Cl.